The summed E-state index contributed by atoms with van der Waals surface area (Å²) in [6.45, 7) is 3.85. The van der Waals surface area contributed by atoms with Gasteiger partial charge in [-0.15, -0.1) is 0 Å². The van der Waals surface area contributed by atoms with Gasteiger partial charge in [0.25, 0.3) is 0 Å². The summed E-state index contributed by atoms with van der Waals surface area (Å²) in [5, 5.41) is 3.50. The number of hydrogen-bond donors (Lipinski definition) is 2. The van der Waals surface area contributed by atoms with E-state index in [2.05, 4.69) is 35.4 Å². The molecule has 1 amide bonds. The van der Waals surface area contributed by atoms with Gasteiger partial charge in [0.2, 0.25) is 5.91 Å². The molecule has 4 nitrogen and oxygen atoms in total. The fraction of sp³-hybridized carbons (Fsp3) is 0.353. The van der Waals surface area contributed by atoms with Crippen LogP contribution >= 0.6 is 0 Å². The first kappa shape index (κ1) is 13.9. The molecule has 0 unspecified atom stereocenters. The lowest BCUT2D eigenvalue weighted by molar-refractivity contribution is -0.117. The van der Waals surface area contributed by atoms with Crippen molar-refractivity contribution in [2.45, 2.75) is 32.4 Å². The van der Waals surface area contributed by atoms with Gasteiger partial charge in [0, 0.05) is 43.6 Å². The number of nitrogens with one attached hydrogen (secondary N) is 2. The predicted molar refractivity (Wildman–Crippen MR) is 84.1 cm³/mol. The lowest BCUT2D eigenvalue weighted by Crippen LogP contribution is -2.23. The Labute approximate surface area is 125 Å². The van der Waals surface area contributed by atoms with Crippen LogP contribution < -0.4 is 10.2 Å². The molecule has 3 rings (SSSR count). The Balaban J connectivity index is 1.62. The molecular formula is C17H21N3O. The van der Waals surface area contributed by atoms with Crippen molar-refractivity contribution < 1.29 is 4.79 Å². The molecule has 1 aromatic heterocycles. The van der Waals surface area contributed by atoms with Crippen molar-refractivity contribution in [1.82, 2.24) is 10.3 Å². The van der Waals surface area contributed by atoms with E-state index in [1.807, 2.05) is 29.4 Å². The first-order chi connectivity index (χ1) is 10.2. The van der Waals surface area contributed by atoms with Gasteiger partial charge >= 0.3 is 0 Å². The average Bonchev–Trinajstić information content (AvgIpc) is 3.16. The molecule has 4 heteroatoms. The number of aromatic amines is 1. The van der Waals surface area contributed by atoms with Crippen molar-refractivity contribution in [2.24, 2.45) is 0 Å². The van der Waals surface area contributed by atoms with E-state index >= 15 is 0 Å². The molecule has 2 N–H and O–H groups in total. The number of carbonyl (C=O) groups is 1. The molecule has 2 aromatic rings. The first-order valence-electron chi connectivity index (χ1n) is 7.49. The summed E-state index contributed by atoms with van der Waals surface area (Å²) in [5.41, 5.74) is 3.50. The van der Waals surface area contributed by atoms with Gasteiger partial charge in [0.05, 0.1) is 0 Å². The summed E-state index contributed by atoms with van der Waals surface area (Å²) in [7, 11) is 0. The summed E-state index contributed by atoms with van der Waals surface area (Å²) in [6.07, 6.45) is 5.58. The molecule has 2 heterocycles. The average molecular weight is 283 g/mol. The number of hydrogen-bond acceptors (Lipinski definition) is 2. The van der Waals surface area contributed by atoms with Gasteiger partial charge in [-0.2, -0.15) is 0 Å². The number of carbonyl (C=O) groups excluding carboxylic acids is 1. The highest BCUT2D eigenvalue weighted by molar-refractivity contribution is 5.95. The third-order valence-corrected chi connectivity index (χ3v) is 4.05. The Morgan fingerprint density at radius 3 is 2.71 bits per heavy atom. The molecule has 1 aliphatic heterocycles. The fourth-order valence-electron chi connectivity index (χ4n) is 2.72. The number of amides is 1. The molecule has 1 fully saturated rings. The minimum atomic E-state index is 0.237. The van der Waals surface area contributed by atoms with Crippen LogP contribution in [0.1, 0.15) is 36.9 Å². The lowest BCUT2D eigenvalue weighted by Gasteiger charge is -2.18. The number of H-pyrrole nitrogens is 1. The maximum absolute atomic E-state index is 11.7. The highest BCUT2D eigenvalue weighted by atomic mass is 16.2. The molecular weight excluding hydrogens is 262 g/mol. The van der Waals surface area contributed by atoms with Crippen molar-refractivity contribution in [3.05, 3.63) is 53.9 Å². The maximum Gasteiger partial charge on any atom is 0.227 e. The predicted octanol–water partition coefficient (Wildman–Crippen LogP) is 2.99. The third-order valence-electron chi connectivity index (χ3n) is 4.05. The van der Waals surface area contributed by atoms with Crippen LogP contribution in [-0.2, 0) is 11.3 Å². The maximum atomic E-state index is 11.7. The van der Waals surface area contributed by atoms with Crippen LogP contribution in [0, 0.1) is 0 Å². The number of anilines is 1. The summed E-state index contributed by atoms with van der Waals surface area (Å²) in [6, 6.07) is 10.7. The highest BCUT2D eigenvalue weighted by Gasteiger charge is 2.21. The smallest absolute Gasteiger partial charge is 0.227 e. The molecule has 110 valence electrons. The van der Waals surface area contributed by atoms with E-state index < -0.39 is 0 Å². The zero-order valence-corrected chi connectivity index (χ0v) is 12.3. The molecule has 21 heavy (non-hydrogen) atoms. The molecule has 0 bridgehead atoms. The Morgan fingerprint density at radius 1 is 1.29 bits per heavy atom. The van der Waals surface area contributed by atoms with Crippen LogP contribution in [0.15, 0.2) is 42.7 Å². The Kier molecular flexibility index (Phi) is 4.06. The van der Waals surface area contributed by atoms with Gasteiger partial charge < -0.3 is 15.2 Å². The number of benzene rings is 1. The lowest BCUT2D eigenvalue weighted by atomic mass is 10.1. The standard InChI is InChI=1S/C17H21N3O/c1-13(19-12-14-8-9-18-11-14)15-4-6-16(7-5-15)20-10-2-3-17(20)21/h4-9,11,13,18-19H,2-3,10,12H2,1H3/t13-/m0/s1. The largest absolute Gasteiger partial charge is 0.367 e. The van der Waals surface area contributed by atoms with Gasteiger partial charge in [0.15, 0.2) is 0 Å². The molecule has 0 spiro atoms. The van der Waals surface area contributed by atoms with E-state index in [-0.39, 0.29) is 11.9 Å². The van der Waals surface area contributed by atoms with Crippen molar-refractivity contribution in [1.29, 1.82) is 0 Å². The molecule has 1 aliphatic rings. The molecule has 1 aromatic carbocycles. The van der Waals surface area contributed by atoms with E-state index in [0.29, 0.717) is 6.42 Å². The van der Waals surface area contributed by atoms with E-state index in [9.17, 15) is 4.79 Å². The summed E-state index contributed by atoms with van der Waals surface area (Å²) in [5.74, 6) is 0.237. The van der Waals surface area contributed by atoms with E-state index in [0.717, 1.165) is 25.2 Å². The monoisotopic (exact) mass is 283 g/mol. The SMILES string of the molecule is C[C@H](NCc1cc[nH]c1)c1ccc(N2CCCC2=O)cc1. The van der Waals surface area contributed by atoms with E-state index in [4.69, 9.17) is 0 Å². The quantitative estimate of drug-likeness (QED) is 0.886. The van der Waals surface area contributed by atoms with Crippen molar-refractivity contribution in [3.8, 4) is 0 Å². The van der Waals surface area contributed by atoms with E-state index in [1.54, 1.807) is 0 Å². The Bertz CT molecular complexity index is 589. The third kappa shape index (κ3) is 3.16. The number of nitrogens with zero attached hydrogens (tertiary/aromatic N) is 1. The van der Waals surface area contributed by atoms with Gasteiger partial charge in [-0.1, -0.05) is 12.1 Å². The van der Waals surface area contributed by atoms with Crippen LogP contribution in [0.2, 0.25) is 0 Å². The van der Waals surface area contributed by atoms with Gasteiger partial charge in [-0.3, -0.25) is 4.79 Å². The van der Waals surface area contributed by atoms with Gasteiger partial charge in [0.1, 0.15) is 0 Å². The Morgan fingerprint density at radius 2 is 2.10 bits per heavy atom. The summed E-state index contributed by atoms with van der Waals surface area (Å²) in [4.78, 5) is 16.7. The normalized spacial score (nSPS) is 16.4. The Hall–Kier alpha value is -2.07. The topological polar surface area (TPSA) is 48.1 Å². The zero-order chi connectivity index (χ0) is 14.7. The minimum Gasteiger partial charge on any atom is -0.367 e. The fourth-order valence-corrected chi connectivity index (χ4v) is 2.72. The van der Waals surface area contributed by atoms with Crippen LogP contribution in [0.3, 0.4) is 0 Å². The highest BCUT2D eigenvalue weighted by Crippen LogP contribution is 2.23. The second kappa shape index (κ2) is 6.14. The molecule has 0 radical (unpaired) electrons. The second-order valence-electron chi connectivity index (χ2n) is 5.56. The number of aromatic nitrogens is 1. The summed E-state index contributed by atoms with van der Waals surface area (Å²) < 4.78 is 0. The van der Waals surface area contributed by atoms with Crippen molar-refractivity contribution in [2.75, 3.05) is 11.4 Å². The summed E-state index contributed by atoms with van der Waals surface area (Å²) >= 11 is 0. The van der Waals surface area contributed by atoms with Crippen molar-refractivity contribution >= 4 is 11.6 Å². The molecule has 0 aliphatic carbocycles. The van der Waals surface area contributed by atoms with Crippen LogP contribution in [-0.4, -0.2) is 17.4 Å². The van der Waals surface area contributed by atoms with Crippen LogP contribution in [0.4, 0.5) is 5.69 Å². The van der Waals surface area contributed by atoms with Crippen LogP contribution in [0.5, 0.6) is 0 Å². The second-order valence-corrected chi connectivity index (χ2v) is 5.56. The molecule has 1 saturated heterocycles. The van der Waals surface area contributed by atoms with Crippen LogP contribution in [0.25, 0.3) is 0 Å². The van der Waals surface area contributed by atoms with E-state index in [1.165, 1.54) is 11.1 Å². The first-order valence-corrected chi connectivity index (χ1v) is 7.49. The minimum absolute atomic E-state index is 0.237. The molecule has 1 atom stereocenters. The van der Waals surface area contributed by atoms with Crippen molar-refractivity contribution in [3.63, 3.8) is 0 Å². The van der Waals surface area contributed by atoms with Gasteiger partial charge in [-0.25, -0.2) is 0 Å². The number of rotatable bonds is 5. The molecule has 0 saturated carbocycles. The van der Waals surface area contributed by atoms with Gasteiger partial charge in [-0.05, 0) is 42.7 Å². The zero-order valence-electron chi connectivity index (χ0n) is 12.3.